The van der Waals surface area contributed by atoms with Gasteiger partial charge in [0.2, 0.25) is 5.91 Å². The Bertz CT molecular complexity index is 825. The van der Waals surface area contributed by atoms with Crippen molar-refractivity contribution in [1.82, 2.24) is 5.32 Å². The second-order valence-corrected chi connectivity index (χ2v) is 9.26. The molecule has 2 rings (SSSR count). The van der Waals surface area contributed by atoms with Crippen LogP contribution in [-0.2, 0) is 16.0 Å². The molecular weight excluding hydrogens is 444 g/mol. The third-order valence-electron chi connectivity index (χ3n) is 6.29. The molecule has 196 valence electrons. The number of hydrogen-bond acceptors (Lipinski definition) is 5. The molecule has 0 aliphatic carbocycles. The van der Waals surface area contributed by atoms with Gasteiger partial charge in [-0.15, -0.1) is 0 Å². The minimum absolute atomic E-state index is 0.0102. The average molecular weight is 489 g/mol. The van der Waals surface area contributed by atoms with Crippen LogP contribution >= 0.6 is 0 Å². The summed E-state index contributed by atoms with van der Waals surface area (Å²) in [6.07, 6.45) is 12.2. The lowest BCUT2D eigenvalue weighted by Gasteiger charge is -2.31. The predicted octanol–water partition coefficient (Wildman–Crippen LogP) is 2.59. The largest absolute Gasteiger partial charge is 0.484 e. The number of nitrogens with zero attached hydrogens (tertiary/aromatic N) is 2. The van der Waals surface area contributed by atoms with Gasteiger partial charge in [0.25, 0.3) is 5.91 Å². The van der Waals surface area contributed by atoms with Crippen molar-refractivity contribution in [2.24, 2.45) is 22.2 Å². The number of guanidine groups is 1. The Balaban J connectivity index is 1.78. The summed E-state index contributed by atoms with van der Waals surface area (Å²) in [6, 6.07) is 5.25. The second kappa shape index (κ2) is 15.8. The van der Waals surface area contributed by atoms with E-state index >= 15 is 0 Å². The van der Waals surface area contributed by atoms with Gasteiger partial charge in [-0.25, -0.2) is 0 Å². The zero-order valence-electron chi connectivity index (χ0n) is 21.3. The number of fused-ring (bicyclic) bond motifs is 1. The highest BCUT2D eigenvalue weighted by Gasteiger charge is 2.19. The maximum Gasteiger partial charge on any atom is 0.258 e. The van der Waals surface area contributed by atoms with Crippen LogP contribution in [0.15, 0.2) is 23.2 Å². The third kappa shape index (κ3) is 10.9. The molecule has 1 aromatic carbocycles. The van der Waals surface area contributed by atoms with Gasteiger partial charge in [-0.3, -0.25) is 14.6 Å². The zero-order chi connectivity index (χ0) is 25.5. The zero-order valence-corrected chi connectivity index (χ0v) is 21.3. The van der Waals surface area contributed by atoms with Gasteiger partial charge in [-0.05, 0) is 55.9 Å². The smallest absolute Gasteiger partial charge is 0.258 e. The number of primary amides is 1. The Morgan fingerprint density at radius 3 is 2.54 bits per heavy atom. The summed E-state index contributed by atoms with van der Waals surface area (Å²) in [5.41, 5.74) is 18.5. The molecule has 0 aromatic heterocycles. The first-order valence-corrected chi connectivity index (χ1v) is 13.1. The fraction of sp³-hybridized carbons (Fsp3) is 0.654. The summed E-state index contributed by atoms with van der Waals surface area (Å²) in [6.45, 7) is 4.60. The monoisotopic (exact) mass is 488 g/mol. The third-order valence-corrected chi connectivity index (χ3v) is 6.29. The van der Waals surface area contributed by atoms with Gasteiger partial charge in [0.1, 0.15) is 11.8 Å². The Morgan fingerprint density at radius 2 is 1.83 bits per heavy atom. The Kier molecular flexibility index (Phi) is 12.8. The number of nitrogens with one attached hydrogen (secondary N) is 1. The van der Waals surface area contributed by atoms with Gasteiger partial charge in [-0.2, -0.15) is 0 Å². The number of aliphatic imine (C=N–C) groups is 1. The van der Waals surface area contributed by atoms with Crippen molar-refractivity contribution in [3.63, 3.8) is 0 Å². The average Bonchev–Trinajstić information content (AvgIpc) is 2.83. The quantitative estimate of drug-likeness (QED) is 0.150. The number of carbonyl (C=O) groups is 2. The molecule has 7 N–H and O–H groups in total. The minimum Gasteiger partial charge on any atom is -0.484 e. The molecule has 9 nitrogen and oxygen atoms in total. The van der Waals surface area contributed by atoms with Crippen molar-refractivity contribution in [2.45, 2.75) is 83.6 Å². The topological polar surface area (TPSA) is 149 Å². The SMILES string of the molecule is CCCCCCCCCN1CCCc2cc(OCC(=O)N[C@@H](CCCN=C(N)N)C(N)=O)ccc21. The number of nitrogens with two attached hydrogens (primary N) is 3. The highest BCUT2D eigenvalue weighted by Crippen LogP contribution is 2.31. The molecule has 0 saturated carbocycles. The summed E-state index contributed by atoms with van der Waals surface area (Å²) >= 11 is 0. The van der Waals surface area contributed by atoms with Crippen molar-refractivity contribution in [2.75, 3.05) is 31.1 Å². The van der Waals surface area contributed by atoms with E-state index in [0.29, 0.717) is 25.1 Å². The molecule has 0 unspecified atom stereocenters. The first-order chi connectivity index (χ1) is 16.9. The number of benzene rings is 1. The summed E-state index contributed by atoms with van der Waals surface area (Å²) in [5.74, 6) is -0.351. The van der Waals surface area contributed by atoms with Crippen LogP contribution in [0.3, 0.4) is 0 Å². The molecule has 0 radical (unpaired) electrons. The molecule has 1 aliphatic rings. The minimum atomic E-state index is -0.788. The molecule has 9 heteroatoms. The standard InChI is InChI=1S/C26H44N6O3/c1-2-3-4-5-6-7-8-16-32-17-10-11-20-18-21(13-14-23(20)32)35-19-24(33)31-22(25(27)34)12-9-15-30-26(28)29/h13-14,18,22H,2-12,15-17,19H2,1H3,(H2,27,34)(H,31,33)(H4,28,29,30)/t22-/m0/s1. The summed E-state index contributed by atoms with van der Waals surface area (Å²) in [4.78, 5) is 30.3. The molecule has 1 heterocycles. The van der Waals surface area contributed by atoms with Crippen LogP contribution in [0.4, 0.5) is 5.69 Å². The van der Waals surface area contributed by atoms with Crippen molar-refractivity contribution >= 4 is 23.5 Å². The predicted molar refractivity (Wildman–Crippen MR) is 141 cm³/mol. The van der Waals surface area contributed by atoms with Gasteiger partial charge < -0.3 is 32.2 Å². The van der Waals surface area contributed by atoms with Crippen molar-refractivity contribution in [3.8, 4) is 5.75 Å². The first-order valence-electron chi connectivity index (χ1n) is 13.1. The maximum atomic E-state index is 12.3. The Labute approximate surface area is 209 Å². The number of ether oxygens (including phenoxy) is 1. The number of rotatable bonds is 17. The van der Waals surface area contributed by atoms with Crippen LogP contribution in [0, 0.1) is 0 Å². The molecule has 35 heavy (non-hydrogen) atoms. The van der Waals surface area contributed by atoms with Crippen molar-refractivity contribution in [3.05, 3.63) is 23.8 Å². The number of hydrogen-bond donors (Lipinski definition) is 4. The fourth-order valence-electron chi connectivity index (χ4n) is 4.41. The second-order valence-electron chi connectivity index (χ2n) is 9.26. The number of anilines is 1. The van der Waals surface area contributed by atoms with Crippen molar-refractivity contribution < 1.29 is 14.3 Å². The lowest BCUT2D eigenvalue weighted by atomic mass is 10.0. The van der Waals surface area contributed by atoms with Crippen LogP contribution in [0.5, 0.6) is 5.75 Å². The van der Waals surface area contributed by atoms with Gasteiger partial charge in [0.05, 0.1) is 0 Å². The van der Waals surface area contributed by atoms with E-state index < -0.39 is 17.9 Å². The van der Waals surface area contributed by atoms with E-state index in [4.69, 9.17) is 21.9 Å². The molecule has 1 atom stereocenters. The van der Waals surface area contributed by atoms with Gasteiger partial charge in [-0.1, -0.05) is 45.4 Å². The van der Waals surface area contributed by atoms with E-state index in [1.54, 1.807) is 0 Å². The lowest BCUT2D eigenvalue weighted by Crippen LogP contribution is -2.46. The van der Waals surface area contributed by atoms with Crippen LogP contribution in [-0.4, -0.2) is 50.1 Å². The van der Waals surface area contributed by atoms with Crippen molar-refractivity contribution in [1.29, 1.82) is 0 Å². The normalized spacial score (nSPS) is 13.6. The highest BCUT2D eigenvalue weighted by molar-refractivity contribution is 5.87. The highest BCUT2D eigenvalue weighted by atomic mass is 16.5. The Morgan fingerprint density at radius 1 is 1.09 bits per heavy atom. The summed E-state index contributed by atoms with van der Waals surface area (Å²) < 4.78 is 5.71. The Hall–Kier alpha value is -2.97. The van der Waals surface area contributed by atoms with E-state index in [1.165, 1.54) is 56.2 Å². The van der Waals surface area contributed by atoms with Gasteiger partial charge in [0, 0.05) is 25.3 Å². The molecule has 1 aromatic rings. The summed E-state index contributed by atoms with van der Waals surface area (Å²) in [7, 11) is 0. The maximum absolute atomic E-state index is 12.3. The van der Waals surface area contributed by atoms with Crippen LogP contribution < -0.4 is 32.2 Å². The van der Waals surface area contributed by atoms with Crippen LogP contribution in [0.1, 0.15) is 76.7 Å². The number of carbonyl (C=O) groups excluding carboxylic acids is 2. The molecule has 2 amide bonds. The number of unbranched alkanes of at least 4 members (excludes halogenated alkanes) is 6. The molecular formula is C26H44N6O3. The molecule has 0 saturated heterocycles. The summed E-state index contributed by atoms with van der Waals surface area (Å²) in [5, 5.41) is 2.63. The van der Waals surface area contributed by atoms with E-state index in [2.05, 4.69) is 28.2 Å². The van der Waals surface area contributed by atoms with Gasteiger partial charge in [0.15, 0.2) is 12.6 Å². The lowest BCUT2D eigenvalue weighted by molar-refractivity contribution is -0.128. The first kappa shape index (κ1) is 28.3. The molecule has 0 fully saturated rings. The van der Waals surface area contributed by atoms with E-state index in [-0.39, 0.29) is 12.6 Å². The van der Waals surface area contributed by atoms with Crippen LogP contribution in [0.2, 0.25) is 0 Å². The molecule has 0 spiro atoms. The number of amides is 2. The molecule has 0 bridgehead atoms. The van der Waals surface area contributed by atoms with Gasteiger partial charge >= 0.3 is 0 Å². The van der Waals surface area contributed by atoms with E-state index in [0.717, 1.165) is 25.9 Å². The van der Waals surface area contributed by atoms with Crippen LogP contribution in [0.25, 0.3) is 0 Å². The molecule has 1 aliphatic heterocycles. The number of aryl methyl sites for hydroxylation is 1. The van der Waals surface area contributed by atoms with E-state index in [9.17, 15) is 9.59 Å². The fourth-order valence-corrected chi connectivity index (χ4v) is 4.41. The van der Waals surface area contributed by atoms with E-state index in [1.807, 2.05) is 12.1 Å².